The van der Waals surface area contributed by atoms with E-state index in [0.717, 1.165) is 11.1 Å². The molecule has 1 unspecified atom stereocenters. The van der Waals surface area contributed by atoms with Crippen LogP contribution in [0.3, 0.4) is 0 Å². The maximum absolute atomic E-state index is 12.4. The molecule has 2 aromatic rings. The van der Waals surface area contributed by atoms with Crippen LogP contribution in [0.15, 0.2) is 48.5 Å². The highest BCUT2D eigenvalue weighted by molar-refractivity contribution is 6.06. The summed E-state index contributed by atoms with van der Waals surface area (Å²) < 4.78 is 0. The highest BCUT2D eigenvalue weighted by Crippen LogP contribution is 2.41. The first-order valence-electron chi connectivity index (χ1n) is 6.20. The predicted octanol–water partition coefficient (Wildman–Crippen LogP) is 2.70. The first-order valence-corrected chi connectivity index (χ1v) is 6.20. The van der Waals surface area contributed by atoms with E-state index in [-0.39, 0.29) is 17.5 Å². The van der Waals surface area contributed by atoms with Crippen molar-refractivity contribution in [1.29, 1.82) is 0 Å². The molecule has 0 saturated carbocycles. The number of nitrogens with zero attached hydrogens (tertiary/aromatic N) is 2. The number of hydrogen-bond acceptors (Lipinski definition) is 3. The highest BCUT2D eigenvalue weighted by atomic mass is 16.6. The lowest BCUT2D eigenvalue weighted by atomic mass is 9.92. The summed E-state index contributed by atoms with van der Waals surface area (Å²) in [7, 11) is 1.65. The molecule has 5 nitrogen and oxygen atoms in total. The summed E-state index contributed by atoms with van der Waals surface area (Å²) in [6.45, 7) is 0. The fourth-order valence-electron chi connectivity index (χ4n) is 2.59. The van der Waals surface area contributed by atoms with Crippen LogP contribution in [0, 0.1) is 10.1 Å². The summed E-state index contributed by atoms with van der Waals surface area (Å²) in [6, 6.07) is 14.0. The van der Waals surface area contributed by atoms with Crippen LogP contribution in [0.5, 0.6) is 0 Å². The van der Waals surface area contributed by atoms with Crippen LogP contribution in [0.1, 0.15) is 17.0 Å². The molecule has 1 heterocycles. The Morgan fingerprint density at radius 2 is 1.85 bits per heavy atom. The van der Waals surface area contributed by atoms with Gasteiger partial charge in [0, 0.05) is 19.2 Å². The van der Waals surface area contributed by atoms with Crippen LogP contribution < -0.4 is 4.90 Å². The molecular weight excluding hydrogens is 256 g/mol. The van der Waals surface area contributed by atoms with E-state index in [0.29, 0.717) is 5.69 Å². The number of nitro benzene ring substituents is 1. The van der Waals surface area contributed by atoms with Gasteiger partial charge in [-0.05, 0) is 17.2 Å². The van der Waals surface area contributed by atoms with Crippen molar-refractivity contribution in [1.82, 2.24) is 0 Å². The molecule has 0 bridgehead atoms. The van der Waals surface area contributed by atoms with Gasteiger partial charge in [-0.15, -0.1) is 0 Å². The Hall–Kier alpha value is -2.69. The summed E-state index contributed by atoms with van der Waals surface area (Å²) in [5, 5.41) is 10.8. The van der Waals surface area contributed by atoms with Crippen molar-refractivity contribution in [3.8, 4) is 0 Å². The number of carbonyl (C=O) groups is 1. The number of amides is 1. The number of benzene rings is 2. The van der Waals surface area contributed by atoms with E-state index in [2.05, 4.69) is 0 Å². The van der Waals surface area contributed by atoms with E-state index in [1.807, 2.05) is 30.3 Å². The molecule has 2 aromatic carbocycles. The van der Waals surface area contributed by atoms with Gasteiger partial charge in [-0.1, -0.05) is 30.3 Å². The molecule has 3 rings (SSSR count). The molecule has 0 fully saturated rings. The summed E-state index contributed by atoms with van der Waals surface area (Å²) in [4.78, 5) is 24.3. The van der Waals surface area contributed by atoms with Crippen LogP contribution in [0.25, 0.3) is 0 Å². The Morgan fingerprint density at radius 3 is 2.50 bits per heavy atom. The monoisotopic (exact) mass is 268 g/mol. The topological polar surface area (TPSA) is 63.5 Å². The second-order valence-electron chi connectivity index (χ2n) is 4.74. The quantitative estimate of drug-likeness (QED) is 0.621. The van der Waals surface area contributed by atoms with E-state index >= 15 is 0 Å². The van der Waals surface area contributed by atoms with Crippen LogP contribution in [0.4, 0.5) is 11.4 Å². The van der Waals surface area contributed by atoms with Crippen LogP contribution in [-0.4, -0.2) is 17.9 Å². The predicted molar refractivity (Wildman–Crippen MR) is 74.8 cm³/mol. The van der Waals surface area contributed by atoms with Crippen molar-refractivity contribution in [2.75, 3.05) is 11.9 Å². The van der Waals surface area contributed by atoms with Crippen molar-refractivity contribution in [2.24, 2.45) is 0 Å². The fraction of sp³-hybridized carbons (Fsp3) is 0.133. The number of carbonyl (C=O) groups excluding carboxylic acids is 1. The number of rotatable bonds is 2. The molecule has 0 aromatic heterocycles. The molecule has 1 atom stereocenters. The normalized spacial score (nSPS) is 17.1. The minimum Gasteiger partial charge on any atom is -0.314 e. The second-order valence-corrected chi connectivity index (χ2v) is 4.74. The first-order chi connectivity index (χ1) is 9.59. The van der Waals surface area contributed by atoms with Crippen molar-refractivity contribution in [2.45, 2.75) is 5.92 Å². The molecule has 1 aliphatic rings. The Bertz CT molecular complexity index is 698. The molecular formula is C15H12N2O3. The lowest BCUT2D eigenvalue weighted by Crippen LogP contribution is -2.24. The fourth-order valence-corrected chi connectivity index (χ4v) is 2.59. The molecule has 20 heavy (non-hydrogen) atoms. The van der Waals surface area contributed by atoms with Gasteiger partial charge < -0.3 is 4.90 Å². The van der Waals surface area contributed by atoms with Gasteiger partial charge in [0.05, 0.1) is 16.5 Å². The maximum atomic E-state index is 12.4. The Labute approximate surface area is 115 Å². The maximum Gasteiger partial charge on any atom is 0.271 e. The van der Waals surface area contributed by atoms with Gasteiger partial charge in [0.2, 0.25) is 5.91 Å². The zero-order chi connectivity index (χ0) is 14.3. The SMILES string of the molecule is CN1C(=O)C(c2ccccc2)c2ccc([N+](=O)[O-])cc21. The first kappa shape index (κ1) is 12.3. The number of non-ortho nitro benzene ring substituents is 1. The third kappa shape index (κ3) is 1.75. The van der Waals surface area contributed by atoms with Gasteiger partial charge in [0.25, 0.3) is 5.69 Å². The number of hydrogen-bond donors (Lipinski definition) is 0. The third-order valence-corrected chi connectivity index (χ3v) is 3.61. The van der Waals surface area contributed by atoms with E-state index in [1.165, 1.54) is 17.0 Å². The summed E-state index contributed by atoms with van der Waals surface area (Å²) in [6.07, 6.45) is 0. The molecule has 0 N–H and O–H groups in total. The zero-order valence-corrected chi connectivity index (χ0v) is 10.8. The molecule has 0 saturated heterocycles. The van der Waals surface area contributed by atoms with Gasteiger partial charge >= 0.3 is 0 Å². The van der Waals surface area contributed by atoms with Gasteiger partial charge in [-0.25, -0.2) is 0 Å². The van der Waals surface area contributed by atoms with Crippen LogP contribution in [-0.2, 0) is 4.79 Å². The minimum absolute atomic E-state index is 0.00267. The molecule has 0 spiro atoms. The summed E-state index contributed by atoms with van der Waals surface area (Å²) in [5.74, 6) is -0.441. The summed E-state index contributed by atoms with van der Waals surface area (Å²) >= 11 is 0. The van der Waals surface area contributed by atoms with Crippen LogP contribution >= 0.6 is 0 Å². The average molecular weight is 268 g/mol. The van der Waals surface area contributed by atoms with Crippen molar-refractivity contribution < 1.29 is 9.72 Å². The van der Waals surface area contributed by atoms with Gasteiger partial charge in [-0.3, -0.25) is 14.9 Å². The molecule has 1 amide bonds. The Kier molecular flexibility index (Phi) is 2.75. The van der Waals surface area contributed by atoms with Crippen molar-refractivity contribution in [3.05, 3.63) is 69.8 Å². The Balaban J connectivity index is 2.14. The largest absolute Gasteiger partial charge is 0.314 e. The zero-order valence-electron chi connectivity index (χ0n) is 10.8. The van der Waals surface area contributed by atoms with Crippen molar-refractivity contribution in [3.63, 3.8) is 0 Å². The average Bonchev–Trinajstić information content (AvgIpc) is 2.71. The minimum atomic E-state index is -0.450. The number of nitro groups is 1. The molecule has 0 radical (unpaired) electrons. The standard InChI is InChI=1S/C15H12N2O3/c1-16-13-9-11(17(19)20)7-8-12(13)14(15(16)18)10-5-3-2-4-6-10/h2-9,14H,1H3. The van der Waals surface area contributed by atoms with E-state index in [9.17, 15) is 14.9 Å². The molecule has 1 aliphatic heterocycles. The number of likely N-dealkylation sites (N-methyl/N-ethyl adjacent to an activating group) is 1. The lowest BCUT2D eigenvalue weighted by molar-refractivity contribution is -0.384. The smallest absolute Gasteiger partial charge is 0.271 e. The van der Waals surface area contributed by atoms with Gasteiger partial charge in [0.15, 0.2) is 0 Å². The number of anilines is 1. The second kappa shape index (κ2) is 4.45. The number of fused-ring (bicyclic) bond motifs is 1. The van der Waals surface area contributed by atoms with Gasteiger partial charge in [-0.2, -0.15) is 0 Å². The molecule has 100 valence electrons. The lowest BCUT2D eigenvalue weighted by Gasteiger charge is -2.11. The molecule has 0 aliphatic carbocycles. The summed E-state index contributed by atoms with van der Waals surface area (Å²) in [5.41, 5.74) is 2.32. The van der Waals surface area contributed by atoms with E-state index in [1.54, 1.807) is 13.1 Å². The van der Waals surface area contributed by atoms with E-state index in [4.69, 9.17) is 0 Å². The highest BCUT2D eigenvalue weighted by Gasteiger charge is 2.37. The molecule has 5 heteroatoms. The Morgan fingerprint density at radius 1 is 1.15 bits per heavy atom. The van der Waals surface area contributed by atoms with Crippen molar-refractivity contribution >= 4 is 17.3 Å². The third-order valence-electron chi connectivity index (χ3n) is 3.61. The van der Waals surface area contributed by atoms with Gasteiger partial charge in [0.1, 0.15) is 0 Å². The van der Waals surface area contributed by atoms with E-state index < -0.39 is 4.92 Å². The van der Waals surface area contributed by atoms with Crippen LogP contribution in [0.2, 0.25) is 0 Å².